The van der Waals surface area contributed by atoms with Gasteiger partial charge in [-0.15, -0.1) is 0 Å². The van der Waals surface area contributed by atoms with Gasteiger partial charge in [-0.2, -0.15) is 0 Å². The molecule has 18 heavy (non-hydrogen) atoms. The first-order chi connectivity index (χ1) is 8.46. The summed E-state index contributed by atoms with van der Waals surface area (Å²) in [6.45, 7) is 8.83. The minimum absolute atomic E-state index is 0.182. The summed E-state index contributed by atoms with van der Waals surface area (Å²) >= 11 is 0. The van der Waals surface area contributed by atoms with Gasteiger partial charge < -0.3 is 14.5 Å². The van der Waals surface area contributed by atoms with Gasteiger partial charge >= 0.3 is 6.09 Å². The summed E-state index contributed by atoms with van der Waals surface area (Å²) in [6.07, 6.45) is 7.49. The maximum absolute atomic E-state index is 12.1. The Labute approximate surface area is 110 Å². The predicted molar refractivity (Wildman–Crippen MR) is 71.3 cm³/mol. The molecule has 2 heterocycles. The molecule has 0 radical (unpaired) electrons. The lowest BCUT2D eigenvalue weighted by molar-refractivity contribution is 0.0255. The number of carbonyl (C=O) groups excluding carboxylic acids is 1. The average molecular weight is 252 g/mol. The second kappa shape index (κ2) is 5.21. The monoisotopic (exact) mass is 252 g/mol. The average Bonchev–Trinajstić information content (AvgIpc) is 2.60. The molecule has 2 aliphatic heterocycles. The zero-order valence-electron chi connectivity index (χ0n) is 11.7. The van der Waals surface area contributed by atoms with Crippen molar-refractivity contribution in [3.63, 3.8) is 0 Å². The molecule has 1 amide bonds. The molecule has 0 aliphatic carbocycles. The zero-order chi connectivity index (χ0) is 13.2. The zero-order valence-corrected chi connectivity index (χ0v) is 11.7. The van der Waals surface area contributed by atoms with Crippen LogP contribution in [0.1, 0.15) is 40.0 Å². The molecule has 0 aromatic rings. The van der Waals surface area contributed by atoms with Crippen molar-refractivity contribution in [1.29, 1.82) is 0 Å². The SMILES string of the molecule is CC(C)(C)OC(=O)N1CCCC1/C=C/N1CCC1. The Bertz CT molecular complexity index is 329. The Morgan fingerprint density at radius 1 is 1.22 bits per heavy atom. The number of likely N-dealkylation sites (tertiary alicyclic amines) is 2. The van der Waals surface area contributed by atoms with E-state index in [2.05, 4.69) is 17.2 Å². The van der Waals surface area contributed by atoms with Crippen LogP contribution in [-0.2, 0) is 4.74 Å². The lowest BCUT2D eigenvalue weighted by Crippen LogP contribution is -2.39. The molecule has 0 spiro atoms. The normalized spacial score (nSPS) is 24.5. The van der Waals surface area contributed by atoms with E-state index in [1.54, 1.807) is 0 Å². The van der Waals surface area contributed by atoms with Gasteiger partial charge in [-0.1, -0.05) is 0 Å². The molecule has 4 heteroatoms. The van der Waals surface area contributed by atoms with Gasteiger partial charge in [0.1, 0.15) is 5.60 Å². The molecule has 2 fully saturated rings. The molecule has 1 unspecified atom stereocenters. The largest absolute Gasteiger partial charge is 0.444 e. The van der Waals surface area contributed by atoms with Gasteiger partial charge in [-0.25, -0.2) is 4.79 Å². The molecular formula is C14H24N2O2. The van der Waals surface area contributed by atoms with Crippen LogP contribution in [0.2, 0.25) is 0 Å². The van der Waals surface area contributed by atoms with E-state index in [4.69, 9.17) is 4.74 Å². The second-order valence-corrected chi connectivity index (χ2v) is 6.11. The Morgan fingerprint density at radius 3 is 2.50 bits per heavy atom. The third-order valence-electron chi connectivity index (χ3n) is 3.34. The molecule has 4 nitrogen and oxygen atoms in total. The Morgan fingerprint density at radius 2 is 1.94 bits per heavy atom. The number of rotatable bonds is 2. The number of hydrogen-bond acceptors (Lipinski definition) is 3. The van der Waals surface area contributed by atoms with Gasteiger partial charge in [0.2, 0.25) is 0 Å². The van der Waals surface area contributed by atoms with E-state index in [0.717, 1.165) is 32.5 Å². The molecule has 2 aliphatic rings. The molecule has 0 N–H and O–H groups in total. The molecule has 0 bridgehead atoms. The van der Waals surface area contributed by atoms with Crippen molar-refractivity contribution >= 4 is 6.09 Å². The van der Waals surface area contributed by atoms with Crippen LogP contribution in [0.3, 0.4) is 0 Å². The minimum Gasteiger partial charge on any atom is -0.444 e. The van der Waals surface area contributed by atoms with E-state index >= 15 is 0 Å². The van der Waals surface area contributed by atoms with E-state index in [0.29, 0.717) is 0 Å². The summed E-state index contributed by atoms with van der Waals surface area (Å²) in [6, 6.07) is 0.209. The summed E-state index contributed by atoms with van der Waals surface area (Å²) in [7, 11) is 0. The molecular weight excluding hydrogens is 228 g/mol. The van der Waals surface area contributed by atoms with Crippen molar-refractivity contribution in [3.05, 3.63) is 12.3 Å². The smallest absolute Gasteiger partial charge is 0.410 e. The Hall–Kier alpha value is -1.19. The van der Waals surface area contributed by atoms with E-state index in [1.807, 2.05) is 25.7 Å². The van der Waals surface area contributed by atoms with Crippen LogP contribution in [-0.4, -0.2) is 47.2 Å². The summed E-state index contributed by atoms with van der Waals surface area (Å²) < 4.78 is 5.44. The summed E-state index contributed by atoms with van der Waals surface area (Å²) in [4.78, 5) is 16.2. The quantitative estimate of drug-likeness (QED) is 0.757. The first-order valence-corrected chi connectivity index (χ1v) is 6.88. The third kappa shape index (κ3) is 3.40. The lowest BCUT2D eigenvalue weighted by Gasteiger charge is -2.31. The first kappa shape index (κ1) is 13.2. The number of hydrogen-bond donors (Lipinski definition) is 0. The van der Waals surface area contributed by atoms with Gasteiger partial charge in [0.05, 0.1) is 6.04 Å². The van der Waals surface area contributed by atoms with Gasteiger partial charge in [0.15, 0.2) is 0 Å². The van der Waals surface area contributed by atoms with Gasteiger partial charge in [0, 0.05) is 19.6 Å². The third-order valence-corrected chi connectivity index (χ3v) is 3.34. The van der Waals surface area contributed by atoms with Gasteiger partial charge in [0.25, 0.3) is 0 Å². The van der Waals surface area contributed by atoms with Crippen LogP contribution in [0.4, 0.5) is 4.79 Å². The Kier molecular flexibility index (Phi) is 3.83. The molecule has 2 saturated heterocycles. The van der Waals surface area contributed by atoms with Crippen molar-refractivity contribution in [2.24, 2.45) is 0 Å². The summed E-state index contributed by atoms with van der Waals surface area (Å²) in [5, 5.41) is 0. The molecule has 102 valence electrons. The number of ether oxygens (including phenoxy) is 1. The van der Waals surface area contributed by atoms with Crippen molar-refractivity contribution in [2.45, 2.75) is 51.7 Å². The Balaban J connectivity index is 1.90. The number of nitrogens with zero attached hydrogens (tertiary/aromatic N) is 2. The standard InChI is InChI=1S/C14H24N2O2/c1-14(2,3)18-13(17)16-10-4-6-12(16)7-11-15-8-5-9-15/h7,11-12H,4-6,8-10H2,1-3H3/b11-7+. The summed E-state index contributed by atoms with van der Waals surface area (Å²) in [5.41, 5.74) is -0.411. The maximum atomic E-state index is 12.1. The van der Waals surface area contributed by atoms with Crippen molar-refractivity contribution < 1.29 is 9.53 Å². The molecule has 2 rings (SSSR count). The fraction of sp³-hybridized carbons (Fsp3) is 0.786. The highest BCUT2D eigenvalue weighted by atomic mass is 16.6. The van der Waals surface area contributed by atoms with Crippen molar-refractivity contribution in [2.75, 3.05) is 19.6 Å². The van der Waals surface area contributed by atoms with Crippen LogP contribution in [0.15, 0.2) is 12.3 Å². The molecule has 0 aromatic carbocycles. The lowest BCUT2D eigenvalue weighted by atomic mass is 10.2. The summed E-state index contributed by atoms with van der Waals surface area (Å²) in [5.74, 6) is 0. The highest BCUT2D eigenvalue weighted by Gasteiger charge is 2.30. The van der Waals surface area contributed by atoms with Gasteiger partial charge in [-0.3, -0.25) is 0 Å². The van der Waals surface area contributed by atoms with Crippen LogP contribution in [0.25, 0.3) is 0 Å². The van der Waals surface area contributed by atoms with Crippen molar-refractivity contribution in [1.82, 2.24) is 9.80 Å². The van der Waals surface area contributed by atoms with Crippen molar-refractivity contribution in [3.8, 4) is 0 Å². The minimum atomic E-state index is -0.411. The van der Waals surface area contributed by atoms with Crippen LogP contribution < -0.4 is 0 Å². The van der Waals surface area contributed by atoms with E-state index in [1.165, 1.54) is 6.42 Å². The van der Waals surface area contributed by atoms with Gasteiger partial charge in [-0.05, 0) is 52.3 Å². The van der Waals surface area contributed by atoms with E-state index in [9.17, 15) is 4.79 Å². The fourth-order valence-electron chi connectivity index (χ4n) is 2.25. The fourth-order valence-corrected chi connectivity index (χ4v) is 2.25. The first-order valence-electron chi connectivity index (χ1n) is 6.88. The van der Waals surface area contributed by atoms with Crippen LogP contribution in [0.5, 0.6) is 0 Å². The number of carbonyl (C=O) groups is 1. The van der Waals surface area contributed by atoms with E-state index in [-0.39, 0.29) is 12.1 Å². The highest BCUT2D eigenvalue weighted by Crippen LogP contribution is 2.22. The predicted octanol–water partition coefficient (Wildman–Crippen LogP) is 2.61. The number of amides is 1. The molecule has 0 saturated carbocycles. The molecule has 0 aromatic heterocycles. The maximum Gasteiger partial charge on any atom is 0.410 e. The molecule has 1 atom stereocenters. The topological polar surface area (TPSA) is 32.8 Å². The van der Waals surface area contributed by atoms with Crippen LogP contribution in [0, 0.1) is 0 Å². The second-order valence-electron chi connectivity index (χ2n) is 6.11. The highest BCUT2D eigenvalue weighted by molar-refractivity contribution is 5.69. The van der Waals surface area contributed by atoms with Crippen LogP contribution >= 0.6 is 0 Å². The van der Waals surface area contributed by atoms with E-state index < -0.39 is 5.60 Å².